The van der Waals surface area contributed by atoms with Crippen molar-refractivity contribution in [2.75, 3.05) is 7.11 Å². The summed E-state index contributed by atoms with van der Waals surface area (Å²) in [5.74, 6) is -0.0968. The number of carbonyl (C=O) groups is 3. The molecule has 0 bridgehead atoms. The molecular formula is C23H30O5. The highest BCUT2D eigenvalue weighted by atomic mass is 16.5. The molecule has 3 rings (SSSR count). The average molecular weight is 386 g/mol. The van der Waals surface area contributed by atoms with E-state index in [9.17, 15) is 14.4 Å². The molecule has 5 nitrogen and oxygen atoms in total. The first kappa shape index (κ1) is 20.6. The molecule has 5 heteroatoms. The van der Waals surface area contributed by atoms with Gasteiger partial charge in [-0.3, -0.25) is 14.4 Å². The Morgan fingerprint density at radius 1 is 1.18 bits per heavy atom. The van der Waals surface area contributed by atoms with Gasteiger partial charge >= 0.3 is 11.9 Å². The molecule has 1 fully saturated rings. The fourth-order valence-corrected chi connectivity index (χ4v) is 5.41. The maximum Gasteiger partial charge on any atom is 0.311 e. The number of benzene rings is 1. The molecule has 0 spiro atoms. The minimum Gasteiger partial charge on any atom is -0.469 e. The van der Waals surface area contributed by atoms with Gasteiger partial charge < -0.3 is 9.47 Å². The third-order valence-corrected chi connectivity index (χ3v) is 6.91. The number of carbonyl (C=O) groups excluding carboxylic acids is 3. The van der Waals surface area contributed by atoms with Crippen LogP contribution in [0.25, 0.3) is 0 Å². The van der Waals surface area contributed by atoms with Gasteiger partial charge in [0, 0.05) is 18.9 Å². The Morgan fingerprint density at radius 3 is 2.43 bits per heavy atom. The van der Waals surface area contributed by atoms with E-state index in [-0.39, 0.29) is 35.0 Å². The number of hydrogen-bond acceptors (Lipinski definition) is 5. The zero-order chi connectivity index (χ0) is 20.9. The molecule has 3 atom stereocenters. The molecule has 2 aliphatic rings. The van der Waals surface area contributed by atoms with Gasteiger partial charge in [0.1, 0.15) is 5.75 Å². The first-order valence-electron chi connectivity index (χ1n) is 10.0. The molecule has 1 saturated carbocycles. The number of Topliss-reactive ketones (excluding diaryl/α,β-unsaturated/α-hetero) is 1. The zero-order valence-electron chi connectivity index (χ0n) is 17.7. The minimum absolute atomic E-state index is 0.0470. The highest BCUT2D eigenvalue weighted by Crippen LogP contribution is 2.58. The number of rotatable bonds is 3. The van der Waals surface area contributed by atoms with Crippen molar-refractivity contribution in [3.05, 3.63) is 28.8 Å². The summed E-state index contributed by atoms with van der Waals surface area (Å²) in [5, 5.41) is 0. The SMILES string of the molecule is COC(=O)[C@]1(C)CCC[C@]2(C)c3cc(OC(C)=O)c(C(C)C)cc3C(=O)C[C@@H]12. The molecule has 2 aliphatic carbocycles. The van der Waals surface area contributed by atoms with E-state index in [1.54, 1.807) is 0 Å². The molecule has 0 N–H and O–H groups in total. The molecular weight excluding hydrogens is 356 g/mol. The summed E-state index contributed by atoms with van der Waals surface area (Å²) in [6, 6.07) is 3.77. The second kappa shape index (κ2) is 7.02. The van der Waals surface area contributed by atoms with E-state index in [4.69, 9.17) is 9.47 Å². The molecule has 28 heavy (non-hydrogen) atoms. The average Bonchev–Trinajstić information content (AvgIpc) is 2.62. The van der Waals surface area contributed by atoms with Crippen molar-refractivity contribution in [2.45, 2.75) is 71.6 Å². The van der Waals surface area contributed by atoms with Crippen molar-refractivity contribution in [2.24, 2.45) is 11.3 Å². The van der Waals surface area contributed by atoms with Gasteiger partial charge in [-0.1, -0.05) is 27.2 Å². The lowest BCUT2D eigenvalue weighted by Gasteiger charge is -2.53. The first-order chi connectivity index (χ1) is 13.0. The van der Waals surface area contributed by atoms with Gasteiger partial charge in [0.25, 0.3) is 0 Å². The maximum atomic E-state index is 13.1. The number of methoxy groups -OCH3 is 1. The lowest BCUT2D eigenvalue weighted by molar-refractivity contribution is -0.160. The molecule has 0 heterocycles. The maximum absolute atomic E-state index is 13.1. The largest absolute Gasteiger partial charge is 0.469 e. The van der Waals surface area contributed by atoms with Crippen molar-refractivity contribution < 1.29 is 23.9 Å². The highest BCUT2D eigenvalue weighted by molar-refractivity contribution is 6.00. The topological polar surface area (TPSA) is 69.7 Å². The van der Waals surface area contributed by atoms with Gasteiger partial charge in [-0.2, -0.15) is 0 Å². The molecule has 152 valence electrons. The summed E-state index contributed by atoms with van der Waals surface area (Å²) in [4.78, 5) is 37.5. The summed E-state index contributed by atoms with van der Waals surface area (Å²) in [6.07, 6.45) is 2.80. The highest BCUT2D eigenvalue weighted by Gasteiger charge is 2.57. The summed E-state index contributed by atoms with van der Waals surface area (Å²) in [6.45, 7) is 9.47. The Balaban J connectivity index is 2.21. The van der Waals surface area contributed by atoms with Crippen molar-refractivity contribution in [3.63, 3.8) is 0 Å². The Labute approximate surface area is 166 Å². The van der Waals surface area contributed by atoms with Crippen LogP contribution in [0.3, 0.4) is 0 Å². The third kappa shape index (κ3) is 3.05. The van der Waals surface area contributed by atoms with Gasteiger partial charge in [0.05, 0.1) is 12.5 Å². The van der Waals surface area contributed by atoms with Crippen LogP contribution >= 0.6 is 0 Å². The van der Waals surface area contributed by atoms with Gasteiger partial charge in [-0.15, -0.1) is 0 Å². The molecule has 0 aliphatic heterocycles. The van der Waals surface area contributed by atoms with E-state index >= 15 is 0 Å². The predicted molar refractivity (Wildman–Crippen MR) is 106 cm³/mol. The monoisotopic (exact) mass is 386 g/mol. The normalized spacial score (nSPS) is 29.1. The predicted octanol–water partition coefficient (Wildman–Crippen LogP) is 4.56. The van der Waals surface area contributed by atoms with Gasteiger partial charge in [0.15, 0.2) is 5.78 Å². The van der Waals surface area contributed by atoms with Crippen LogP contribution in [0.5, 0.6) is 5.75 Å². The quantitative estimate of drug-likeness (QED) is 0.563. The first-order valence-corrected chi connectivity index (χ1v) is 10.0. The van der Waals surface area contributed by atoms with E-state index in [0.29, 0.717) is 24.2 Å². The number of ketones is 1. The Morgan fingerprint density at radius 2 is 1.86 bits per heavy atom. The number of fused-ring (bicyclic) bond motifs is 3. The van der Waals surface area contributed by atoms with E-state index < -0.39 is 5.41 Å². The van der Waals surface area contributed by atoms with Crippen LogP contribution in [0.15, 0.2) is 12.1 Å². The second-order valence-electron chi connectivity index (χ2n) is 9.04. The molecule has 0 amide bonds. The van der Waals surface area contributed by atoms with Crippen LogP contribution in [-0.4, -0.2) is 24.8 Å². The molecule has 0 radical (unpaired) electrons. The summed E-state index contributed by atoms with van der Waals surface area (Å²) in [5.41, 5.74) is 1.40. The van der Waals surface area contributed by atoms with Crippen LogP contribution in [0.4, 0.5) is 0 Å². The fraction of sp³-hybridized carbons (Fsp3) is 0.609. The standard InChI is InChI=1S/C23H30O5/c1-13(2)15-10-16-17(11-19(15)28-14(3)24)22(4)8-7-9-23(5,21(26)27-6)20(22)12-18(16)25/h10-11,13,20H,7-9,12H2,1-6H3/t20-,22-,23-/m1/s1. The van der Waals surface area contributed by atoms with Crippen LogP contribution in [0, 0.1) is 11.3 Å². The summed E-state index contributed by atoms with van der Waals surface area (Å²) in [7, 11) is 1.41. The smallest absolute Gasteiger partial charge is 0.311 e. The van der Waals surface area contributed by atoms with Gasteiger partial charge in [-0.25, -0.2) is 0 Å². The minimum atomic E-state index is -0.701. The van der Waals surface area contributed by atoms with Gasteiger partial charge in [0.2, 0.25) is 0 Å². The Bertz CT molecular complexity index is 840. The molecule has 0 aromatic heterocycles. The van der Waals surface area contributed by atoms with Crippen LogP contribution in [0.1, 0.15) is 87.7 Å². The number of ether oxygens (including phenoxy) is 2. The number of hydrogen-bond donors (Lipinski definition) is 0. The van der Waals surface area contributed by atoms with Crippen molar-refractivity contribution in [1.29, 1.82) is 0 Å². The molecule has 1 aromatic rings. The Kier molecular flexibility index (Phi) is 5.15. The van der Waals surface area contributed by atoms with Crippen molar-refractivity contribution in [1.82, 2.24) is 0 Å². The van der Waals surface area contributed by atoms with E-state index in [2.05, 4.69) is 6.92 Å². The third-order valence-electron chi connectivity index (χ3n) is 6.91. The number of esters is 2. The summed E-state index contributed by atoms with van der Waals surface area (Å²) >= 11 is 0. The van der Waals surface area contributed by atoms with Crippen LogP contribution < -0.4 is 4.74 Å². The fourth-order valence-electron chi connectivity index (χ4n) is 5.41. The van der Waals surface area contributed by atoms with Crippen LogP contribution in [-0.2, 0) is 19.7 Å². The lowest BCUT2D eigenvalue weighted by atomic mass is 9.49. The second-order valence-corrected chi connectivity index (χ2v) is 9.04. The van der Waals surface area contributed by atoms with E-state index in [1.165, 1.54) is 14.0 Å². The van der Waals surface area contributed by atoms with E-state index in [0.717, 1.165) is 24.0 Å². The van der Waals surface area contributed by atoms with E-state index in [1.807, 2.05) is 32.9 Å². The molecule has 0 saturated heterocycles. The van der Waals surface area contributed by atoms with Gasteiger partial charge in [-0.05, 0) is 60.3 Å². The zero-order valence-corrected chi connectivity index (χ0v) is 17.7. The van der Waals surface area contributed by atoms with Crippen molar-refractivity contribution >= 4 is 17.7 Å². The Hall–Kier alpha value is -2.17. The molecule has 0 unspecified atom stereocenters. The lowest BCUT2D eigenvalue weighted by Crippen LogP contribution is -2.53. The summed E-state index contributed by atoms with van der Waals surface area (Å²) < 4.78 is 10.6. The van der Waals surface area contributed by atoms with Crippen LogP contribution in [0.2, 0.25) is 0 Å². The van der Waals surface area contributed by atoms with Crippen molar-refractivity contribution in [3.8, 4) is 5.75 Å². The molecule has 1 aromatic carbocycles.